The van der Waals surface area contributed by atoms with Crippen molar-refractivity contribution in [3.05, 3.63) is 36.8 Å². The Morgan fingerprint density at radius 2 is 1.65 bits per heavy atom. The van der Waals surface area contributed by atoms with Gasteiger partial charge in [-0.2, -0.15) is 0 Å². The molecule has 5 rings (SSSR count). The van der Waals surface area contributed by atoms with Gasteiger partial charge in [0.1, 0.15) is 0 Å². The van der Waals surface area contributed by atoms with Gasteiger partial charge in [0.15, 0.2) is 0 Å². The average Bonchev–Trinajstić information content (AvgIpc) is 3.08. The zero-order chi connectivity index (χ0) is 17.3. The molecule has 4 nitrogen and oxygen atoms in total. The molecule has 0 atom stereocenters. The van der Waals surface area contributed by atoms with Crippen LogP contribution < -0.4 is 9.88 Å². The van der Waals surface area contributed by atoms with E-state index in [0.717, 1.165) is 0 Å². The summed E-state index contributed by atoms with van der Waals surface area (Å²) in [5.41, 5.74) is 1.25. The lowest BCUT2D eigenvalue weighted by Crippen LogP contribution is -2.43. The van der Waals surface area contributed by atoms with Gasteiger partial charge >= 0.3 is 0 Å². The van der Waals surface area contributed by atoms with E-state index in [0.29, 0.717) is 12.1 Å². The third-order valence-electron chi connectivity index (χ3n) is 6.40. The Kier molecular flexibility index (Phi) is 4.27. The Labute approximate surface area is 155 Å². The summed E-state index contributed by atoms with van der Waals surface area (Å²) >= 11 is 0. The first-order valence-corrected chi connectivity index (χ1v) is 10.5. The summed E-state index contributed by atoms with van der Waals surface area (Å²) in [4.78, 5) is 0. The lowest BCUT2D eigenvalue weighted by atomic mass is 9.94. The van der Waals surface area contributed by atoms with Crippen molar-refractivity contribution in [2.24, 2.45) is 0 Å². The SMILES string of the molecule is c1ccc2c(c1)cnn1c[n+](C3CCCCC3)c(NC3CCCCC3)c21. The normalized spacial score (nSPS) is 20.0. The van der Waals surface area contributed by atoms with E-state index in [4.69, 9.17) is 5.10 Å². The predicted molar refractivity (Wildman–Crippen MR) is 106 cm³/mol. The molecule has 0 aliphatic heterocycles. The van der Waals surface area contributed by atoms with Gasteiger partial charge in [0, 0.05) is 10.8 Å². The molecule has 0 unspecified atom stereocenters. The van der Waals surface area contributed by atoms with Gasteiger partial charge in [-0.05, 0) is 38.5 Å². The maximum absolute atomic E-state index is 4.73. The first-order chi connectivity index (χ1) is 12.9. The van der Waals surface area contributed by atoms with Crippen LogP contribution >= 0.6 is 0 Å². The lowest BCUT2D eigenvalue weighted by Gasteiger charge is -2.24. The molecule has 0 radical (unpaired) electrons. The summed E-state index contributed by atoms with van der Waals surface area (Å²) in [6, 6.07) is 9.87. The lowest BCUT2D eigenvalue weighted by molar-refractivity contribution is -0.711. The molecule has 1 aromatic carbocycles. The average molecular weight is 350 g/mol. The number of nitrogens with one attached hydrogen (secondary N) is 1. The maximum atomic E-state index is 4.73. The number of anilines is 1. The molecule has 0 bridgehead atoms. The highest BCUT2D eigenvalue weighted by atomic mass is 15.3. The summed E-state index contributed by atoms with van der Waals surface area (Å²) < 4.78 is 4.62. The third-order valence-corrected chi connectivity index (χ3v) is 6.40. The van der Waals surface area contributed by atoms with Crippen molar-refractivity contribution in [3.8, 4) is 0 Å². The Morgan fingerprint density at radius 3 is 2.46 bits per heavy atom. The van der Waals surface area contributed by atoms with Crippen LogP contribution in [0.4, 0.5) is 5.82 Å². The quantitative estimate of drug-likeness (QED) is 0.673. The number of rotatable bonds is 3. The summed E-state index contributed by atoms with van der Waals surface area (Å²) in [5.74, 6) is 1.30. The fourth-order valence-corrected chi connectivity index (χ4v) is 4.97. The van der Waals surface area contributed by atoms with Crippen LogP contribution in [0.5, 0.6) is 0 Å². The number of aromatic nitrogens is 3. The summed E-state index contributed by atoms with van der Waals surface area (Å²) in [6.45, 7) is 0. The standard InChI is InChI=1S/C22H29N4/c1-3-10-18(11-4-1)24-22-21-20-14-8-7-9-17(20)15-23-26(21)16-25(22)19-12-5-2-6-13-19/h7-9,14-16,18-19,24H,1-6,10-13H2/q+1. The Hall–Kier alpha value is -2.10. The number of fused-ring (bicyclic) bond motifs is 3. The van der Waals surface area contributed by atoms with Crippen LogP contribution in [-0.4, -0.2) is 15.7 Å². The largest absolute Gasteiger partial charge is 0.300 e. The summed E-state index contributed by atoms with van der Waals surface area (Å²) in [6.07, 6.45) is 17.6. The molecular weight excluding hydrogens is 320 g/mol. The zero-order valence-corrected chi connectivity index (χ0v) is 15.5. The first-order valence-electron chi connectivity index (χ1n) is 10.5. The number of nitrogens with zero attached hydrogens (tertiary/aromatic N) is 3. The molecule has 26 heavy (non-hydrogen) atoms. The van der Waals surface area contributed by atoms with Crippen LogP contribution in [0.25, 0.3) is 16.3 Å². The van der Waals surface area contributed by atoms with E-state index in [2.05, 4.69) is 45.0 Å². The molecule has 2 aliphatic rings. The molecule has 3 aromatic rings. The van der Waals surface area contributed by atoms with Crippen molar-refractivity contribution in [2.45, 2.75) is 76.3 Å². The highest BCUT2D eigenvalue weighted by Crippen LogP contribution is 2.31. The summed E-state index contributed by atoms with van der Waals surface area (Å²) in [7, 11) is 0. The van der Waals surface area contributed by atoms with Crippen LogP contribution in [-0.2, 0) is 0 Å². The molecule has 4 heteroatoms. The van der Waals surface area contributed by atoms with Gasteiger partial charge in [-0.1, -0.05) is 49.9 Å². The van der Waals surface area contributed by atoms with E-state index >= 15 is 0 Å². The number of benzene rings is 1. The van der Waals surface area contributed by atoms with Gasteiger partial charge in [0.25, 0.3) is 5.82 Å². The molecule has 1 N–H and O–H groups in total. The smallest absolute Gasteiger partial charge is 0.264 e. The van der Waals surface area contributed by atoms with Crippen LogP contribution in [0.3, 0.4) is 0 Å². The van der Waals surface area contributed by atoms with Gasteiger partial charge in [0.05, 0.1) is 18.3 Å². The van der Waals surface area contributed by atoms with Crippen molar-refractivity contribution in [1.29, 1.82) is 0 Å². The summed E-state index contributed by atoms with van der Waals surface area (Å²) in [5, 5.41) is 11.2. The molecule has 0 amide bonds. The first kappa shape index (κ1) is 16.1. The van der Waals surface area contributed by atoms with E-state index in [1.807, 2.05) is 6.20 Å². The molecule has 136 valence electrons. The van der Waals surface area contributed by atoms with E-state index in [1.54, 1.807) is 0 Å². The maximum Gasteiger partial charge on any atom is 0.264 e. The molecular formula is C22H29N4+. The van der Waals surface area contributed by atoms with Gasteiger partial charge in [-0.15, -0.1) is 9.61 Å². The van der Waals surface area contributed by atoms with Gasteiger partial charge < -0.3 is 0 Å². The fraction of sp³-hybridized carbons (Fsp3) is 0.545. The van der Waals surface area contributed by atoms with Crippen molar-refractivity contribution in [1.82, 2.24) is 9.61 Å². The van der Waals surface area contributed by atoms with Crippen molar-refractivity contribution in [2.75, 3.05) is 5.32 Å². The second-order valence-electron chi connectivity index (χ2n) is 8.17. The molecule has 2 saturated carbocycles. The Balaban J connectivity index is 1.66. The number of hydrogen-bond donors (Lipinski definition) is 1. The monoisotopic (exact) mass is 349 g/mol. The molecule has 2 fully saturated rings. The van der Waals surface area contributed by atoms with E-state index in [9.17, 15) is 0 Å². The van der Waals surface area contributed by atoms with Crippen LogP contribution in [0.1, 0.15) is 70.3 Å². The highest BCUT2D eigenvalue weighted by Gasteiger charge is 2.29. The number of hydrogen-bond acceptors (Lipinski definition) is 2. The van der Waals surface area contributed by atoms with Crippen LogP contribution in [0.15, 0.2) is 36.8 Å². The minimum Gasteiger partial charge on any atom is -0.300 e. The third kappa shape index (κ3) is 2.85. The number of imidazole rings is 1. The zero-order valence-electron chi connectivity index (χ0n) is 15.5. The Morgan fingerprint density at radius 1 is 0.923 bits per heavy atom. The van der Waals surface area contributed by atoms with Gasteiger partial charge in [-0.25, -0.2) is 4.57 Å². The topological polar surface area (TPSA) is 33.2 Å². The van der Waals surface area contributed by atoms with Gasteiger partial charge in [0.2, 0.25) is 11.8 Å². The molecule has 2 heterocycles. The molecule has 0 spiro atoms. The minimum absolute atomic E-state index is 0.601. The second-order valence-corrected chi connectivity index (χ2v) is 8.17. The van der Waals surface area contributed by atoms with E-state index in [-0.39, 0.29) is 0 Å². The van der Waals surface area contributed by atoms with Crippen LogP contribution in [0.2, 0.25) is 0 Å². The highest BCUT2D eigenvalue weighted by molar-refractivity contribution is 5.99. The second kappa shape index (κ2) is 6.90. The predicted octanol–water partition coefficient (Wildman–Crippen LogP) is 5.02. The van der Waals surface area contributed by atoms with Crippen LogP contribution in [0, 0.1) is 0 Å². The van der Waals surface area contributed by atoms with E-state index < -0.39 is 0 Å². The van der Waals surface area contributed by atoms with Crippen molar-refractivity contribution >= 4 is 22.1 Å². The molecule has 2 aliphatic carbocycles. The van der Waals surface area contributed by atoms with E-state index in [1.165, 1.54) is 86.3 Å². The molecule has 0 saturated heterocycles. The minimum atomic E-state index is 0.601. The Bertz CT molecular complexity index is 901. The van der Waals surface area contributed by atoms with Crippen molar-refractivity contribution in [3.63, 3.8) is 0 Å². The molecule has 2 aromatic heterocycles. The fourth-order valence-electron chi connectivity index (χ4n) is 4.97. The van der Waals surface area contributed by atoms with Crippen molar-refractivity contribution < 1.29 is 4.57 Å². The van der Waals surface area contributed by atoms with Gasteiger partial charge in [-0.3, -0.25) is 5.32 Å².